The number of aromatic amines is 1. The summed E-state index contributed by atoms with van der Waals surface area (Å²) in [7, 11) is 0. The highest BCUT2D eigenvalue weighted by atomic mass is 35.5. The van der Waals surface area contributed by atoms with E-state index in [-0.39, 0.29) is 5.82 Å². The minimum atomic E-state index is -0.283. The minimum absolute atomic E-state index is 0.283. The van der Waals surface area contributed by atoms with E-state index in [4.69, 9.17) is 35.4 Å². The molecule has 0 aliphatic carbocycles. The van der Waals surface area contributed by atoms with E-state index in [1.807, 2.05) is 12.3 Å². The van der Waals surface area contributed by atoms with Crippen LogP contribution < -0.4 is 0 Å². The predicted octanol–water partition coefficient (Wildman–Crippen LogP) is 6.17. The molecule has 0 aliphatic heterocycles. The molecule has 0 unspecified atom stereocenters. The third-order valence-electron chi connectivity index (χ3n) is 3.87. The van der Waals surface area contributed by atoms with E-state index in [0.29, 0.717) is 20.5 Å². The van der Waals surface area contributed by atoms with Gasteiger partial charge in [0.15, 0.2) is 0 Å². The fourth-order valence-electron chi connectivity index (χ4n) is 2.63. The standard InChI is InChI=1S/C18H10Cl2FN3S/c19-11-3-6-13(15(20)7-11)14-8-22-18-23-16(9-24(18)17(14)25)10-1-4-12(21)5-2-10/h1-9H,(H,22,23). The monoisotopic (exact) mass is 389 g/mol. The second-order valence-corrected chi connectivity index (χ2v) is 6.70. The van der Waals surface area contributed by atoms with Crippen molar-refractivity contribution in [3.05, 3.63) is 75.4 Å². The summed E-state index contributed by atoms with van der Waals surface area (Å²) in [5, 5.41) is 1.07. The zero-order valence-corrected chi connectivity index (χ0v) is 15.0. The Kier molecular flexibility index (Phi) is 4.07. The van der Waals surface area contributed by atoms with Crippen molar-refractivity contribution in [2.24, 2.45) is 0 Å². The maximum absolute atomic E-state index is 13.1. The lowest BCUT2D eigenvalue weighted by molar-refractivity contribution is 0.628. The lowest BCUT2D eigenvalue weighted by atomic mass is 10.1. The van der Waals surface area contributed by atoms with Crippen LogP contribution in [0.2, 0.25) is 10.0 Å². The normalized spacial score (nSPS) is 11.2. The maximum atomic E-state index is 13.1. The zero-order valence-electron chi connectivity index (χ0n) is 12.6. The SMILES string of the molecule is Fc1ccc(-c2cn3c(=S)c(-c4ccc(Cl)cc4Cl)cnc3[nH]2)cc1. The largest absolute Gasteiger partial charge is 0.323 e. The van der Waals surface area contributed by atoms with Gasteiger partial charge in [-0.3, -0.25) is 4.40 Å². The molecule has 0 bridgehead atoms. The van der Waals surface area contributed by atoms with Crippen molar-refractivity contribution in [2.75, 3.05) is 0 Å². The molecular formula is C18H10Cl2FN3S. The number of nitrogens with one attached hydrogen (secondary N) is 1. The van der Waals surface area contributed by atoms with Gasteiger partial charge in [-0.1, -0.05) is 41.5 Å². The van der Waals surface area contributed by atoms with Crippen molar-refractivity contribution in [3.63, 3.8) is 0 Å². The number of hydrogen-bond donors (Lipinski definition) is 1. The molecule has 2 aromatic carbocycles. The fourth-order valence-corrected chi connectivity index (χ4v) is 3.44. The van der Waals surface area contributed by atoms with Gasteiger partial charge in [-0.05, 0) is 42.0 Å². The molecule has 124 valence electrons. The van der Waals surface area contributed by atoms with Crippen molar-refractivity contribution in [3.8, 4) is 22.4 Å². The smallest absolute Gasteiger partial charge is 0.212 e. The first-order valence-corrected chi connectivity index (χ1v) is 8.51. The van der Waals surface area contributed by atoms with Gasteiger partial charge in [0.05, 0.1) is 10.7 Å². The van der Waals surface area contributed by atoms with Crippen LogP contribution in [0.4, 0.5) is 4.39 Å². The summed E-state index contributed by atoms with van der Waals surface area (Å²) in [5.41, 5.74) is 3.13. The van der Waals surface area contributed by atoms with Gasteiger partial charge in [-0.25, -0.2) is 9.37 Å². The molecule has 0 saturated heterocycles. The second-order valence-electron chi connectivity index (χ2n) is 5.47. The molecule has 7 heteroatoms. The molecule has 1 N–H and O–H groups in total. The highest BCUT2D eigenvalue weighted by Gasteiger charge is 2.11. The van der Waals surface area contributed by atoms with E-state index in [1.165, 1.54) is 12.1 Å². The Bertz CT molecular complexity index is 1150. The number of benzene rings is 2. The van der Waals surface area contributed by atoms with E-state index in [0.717, 1.165) is 22.4 Å². The number of nitrogens with zero attached hydrogens (tertiary/aromatic N) is 2. The lowest BCUT2D eigenvalue weighted by Crippen LogP contribution is -1.93. The van der Waals surface area contributed by atoms with Gasteiger partial charge >= 0.3 is 0 Å². The van der Waals surface area contributed by atoms with Gasteiger partial charge in [0.25, 0.3) is 0 Å². The quantitative estimate of drug-likeness (QED) is 0.415. The Morgan fingerprint density at radius 3 is 2.52 bits per heavy atom. The van der Waals surface area contributed by atoms with Crippen LogP contribution >= 0.6 is 35.4 Å². The molecule has 0 aliphatic rings. The topological polar surface area (TPSA) is 33.1 Å². The molecule has 0 atom stereocenters. The van der Waals surface area contributed by atoms with Crippen molar-refractivity contribution in [2.45, 2.75) is 0 Å². The fraction of sp³-hybridized carbons (Fsp3) is 0. The van der Waals surface area contributed by atoms with E-state index in [1.54, 1.807) is 34.9 Å². The summed E-state index contributed by atoms with van der Waals surface area (Å²) in [6.45, 7) is 0. The Labute approximate surface area is 157 Å². The van der Waals surface area contributed by atoms with Gasteiger partial charge in [-0.15, -0.1) is 0 Å². The molecule has 25 heavy (non-hydrogen) atoms. The third kappa shape index (κ3) is 2.95. The van der Waals surface area contributed by atoms with Gasteiger partial charge in [0.2, 0.25) is 5.78 Å². The Hall–Kier alpha value is -2.21. The summed E-state index contributed by atoms with van der Waals surface area (Å²) in [6.07, 6.45) is 3.52. The van der Waals surface area contributed by atoms with Gasteiger partial charge in [-0.2, -0.15) is 0 Å². The first-order valence-electron chi connectivity index (χ1n) is 7.35. The van der Waals surface area contributed by atoms with E-state index >= 15 is 0 Å². The van der Waals surface area contributed by atoms with Crippen LogP contribution in [0, 0.1) is 10.5 Å². The third-order valence-corrected chi connectivity index (χ3v) is 4.84. The second kappa shape index (κ2) is 6.26. The number of H-pyrrole nitrogens is 1. The van der Waals surface area contributed by atoms with Gasteiger partial charge in [0, 0.05) is 28.5 Å². The number of aromatic nitrogens is 3. The van der Waals surface area contributed by atoms with Crippen LogP contribution in [0.1, 0.15) is 0 Å². The zero-order chi connectivity index (χ0) is 17.6. The molecule has 4 aromatic rings. The van der Waals surface area contributed by atoms with Crippen molar-refractivity contribution < 1.29 is 4.39 Å². The average Bonchev–Trinajstić information content (AvgIpc) is 3.02. The molecule has 0 spiro atoms. The first-order chi connectivity index (χ1) is 12.0. The predicted molar refractivity (Wildman–Crippen MR) is 101 cm³/mol. The van der Waals surface area contributed by atoms with Crippen LogP contribution in [0.25, 0.3) is 28.2 Å². The molecular weight excluding hydrogens is 380 g/mol. The van der Waals surface area contributed by atoms with E-state index in [9.17, 15) is 4.39 Å². The van der Waals surface area contributed by atoms with Crippen molar-refractivity contribution in [1.29, 1.82) is 0 Å². The lowest BCUT2D eigenvalue weighted by Gasteiger charge is -2.05. The van der Waals surface area contributed by atoms with Crippen LogP contribution in [-0.2, 0) is 0 Å². The molecule has 0 fully saturated rings. The summed E-state index contributed by atoms with van der Waals surface area (Å²) >= 11 is 17.9. The minimum Gasteiger partial charge on any atom is -0.323 e. The molecule has 2 heterocycles. The number of imidazole rings is 1. The Morgan fingerprint density at radius 1 is 1.04 bits per heavy atom. The number of hydrogen-bond acceptors (Lipinski definition) is 2. The molecule has 4 rings (SSSR count). The highest BCUT2D eigenvalue weighted by molar-refractivity contribution is 7.71. The molecule has 3 nitrogen and oxygen atoms in total. The first kappa shape index (κ1) is 16.3. The van der Waals surface area contributed by atoms with Gasteiger partial charge in [0.1, 0.15) is 10.5 Å². The van der Waals surface area contributed by atoms with E-state index < -0.39 is 0 Å². The average molecular weight is 390 g/mol. The van der Waals surface area contributed by atoms with Gasteiger partial charge < -0.3 is 4.98 Å². The Morgan fingerprint density at radius 2 is 1.80 bits per heavy atom. The van der Waals surface area contributed by atoms with Crippen LogP contribution in [-0.4, -0.2) is 14.4 Å². The number of fused-ring (bicyclic) bond motifs is 1. The molecule has 0 saturated carbocycles. The van der Waals surface area contributed by atoms with Crippen LogP contribution in [0.15, 0.2) is 54.9 Å². The summed E-state index contributed by atoms with van der Waals surface area (Å²) in [5.74, 6) is 0.312. The number of halogens is 3. The molecule has 2 aromatic heterocycles. The summed E-state index contributed by atoms with van der Waals surface area (Å²) < 4.78 is 15.5. The van der Waals surface area contributed by atoms with Crippen LogP contribution in [0.3, 0.4) is 0 Å². The highest BCUT2D eigenvalue weighted by Crippen LogP contribution is 2.31. The summed E-state index contributed by atoms with van der Waals surface area (Å²) in [6, 6.07) is 11.5. The molecule has 0 amide bonds. The maximum Gasteiger partial charge on any atom is 0.212 e. The van der Waals surface area contributed by atoms with Crippen molar-refractivity contribution in [1.82, 2.24) is 14.4 Å². The van der Waals surface area contributed by atoms with E-state index in [2.05, 4.69) is 9.97 Å². The van der Waals surface area contributed by atoms with Crippen LogP contribution in [0.5, 0.6) is 0 Å². The molecule has 0 radical (unpaired) electrons. The Balaban J connectivity index is 1.88. The summed E-state index contributed by atoms with van der Waals surface area (Å²) in [4.78, 5) is 7.60. The van der Waals surface area contributed by atoms with Crippen molar-refractivity contribution >= 4 is 41.2 Å². The number of rotatable bonds is 2.